The fourth-order valence-corrected chi connectivity index (χ4v) is 3.87. The Morgan fingerprint density at radius 3 is 1.90 bits per heavy atom. The van der Waals surface area contributed by atoms with E-state index >= 15 is 0 Å². The highest BCUT2D eigenvalue weighted by Crippen LogP contribution is 2.29. The van der Waals surface area contributed by atoms with Crippen molar-refractivity contribution in [2.75, 3.05) is 39.3 Å². The summed E-state index contributed by atoms with van der Waals surface area (Å²) in [6, 6.07) is 13.2. The zero-order valence-corrected chi connectivity index (χ0v) is 18.0. The topological polar surface area (TPSA) is 35.6 Å². The number of carbonyl (C=O) groups is 1. The molecule has 0 radical (unpaired) electrons. The average molecular weight is 437 g/mol. The van der Waals surface area contributed by atoms with Crippen molar-refractivity contribution in [3.05, 3.63) is 71.3 Å². The summed E-state index contributed by atoms with van der Waals surface area (Å²) in [5.41, 5.74) is 2.08. The van der Waals surface area contributed by atoms with Crippen LogP contribution in [0.1, 0.15) is 36.8 Å². The van der Waals surface area contributed by atoms with Crippen LogP contribution in [-0.4, -0.2) is 55.1 Å². The number of nitrogens with one attached hydrogen (secondary N) is 1. The summed E-state index contributed by atoms with van der Waals surface area (Å²) in [6.07, 6.45) is 1.87. The molecule has 1 aliphatic rings. The summed E-state index contributed by atoms with van der Waals surface area (Å²) >= 11 is 0. The largest absolute Gasteiger partial charge is 1.00 e. The van der Waals surface area contributed by atoms with Crippen LogP contribution in [0.15, 0.2) is 48.5 Å². The predicted octanol–water partition coefficient (Wildman–Crippen LogP) is 1.23. The molecule has 2 aromatic rings. The van der Waals surface area contributed by atoms with Crippen LogP contribution in [0.4, 0.5) is 13.6 Å². The Hall–Kier alpha value is -2.18. The van der Waals surface area contributed by atoms with E-state index < -0.39 is 0 Å². The molecule has 1 fully saturated rings. The average Bonchev–Trinajstić information content (AvgIpc) is 2.74. The smallest absolute Gasteiger partial charge is 0.317 e. The number of piperazine rings is 1. The van der Waals surface area contributed by atoms with Crippen molar-refractivity contribution in [1.82, 2.24) is 15.1 Å². The fourth-order valence-electron chi connectivity index (χ4n) is 3.87. The van der Waals surface area contributed by atoms with Gasteiger partial charge in [0.2, 0.25) is 0 Å². The van der Waals surface area contributed by atoms with Crippen LogP contribution in [0.25, 0.3) is 0 Å². The van der Waals surface area contributed by atoms with Gasteiger partial charge in [-0.3, -0.25) is 4.90 Å². The van der Waals surface area contributed by atoms with E-state index in [1.807, 2.05) is 36.1 Å². The number of hydrogen-bond donors (Lipinski definition) is 1. The molecule has 2 aromatic carbocycles. The van der Waals surface area contributed by atoms with Gasteiger partial charge in [-0.05, 0) is 61.7 Å². The maximum absolute atomic E-state index is 13.3. The molecule has 4 nitrogen and oxygen atoms in total. The predicted molar refractivity (Wildman–Crippen MR) is 111 cm³/mol. The van der Waals surface area contributed by atoms with E-state index in [9.17, 15) is 13.6 Å². The van der Waals surface area contributed by atoms with Crippen molar-refractivity contribution in [3.8, 4) is 0 Å². The maximum atomic E-state index is 13.3. The van der Waals surface area contributed by atoms with Gasteiger partial charge in [-0.15, -0.1) is 0 Å². The van der Waals surface area contributed by atoms with Gasteiger partial charge < -0.3 is 22.6 Å². The number of amides is 2. The Bertz CT molecular complexity index is 733. The lowest BCUT2D eigenvalue weighted by atomic mass is 9.87. The minimum atomic E-state index is -0.253. The Kier molecular flexibility index (Phi) is 9.53. The summed E-state index contributed by atoms with van der Waals surface area (Å²) in [4.78, 5) is 16.2. The highest BCUT2D eigenvalue weighted by atomic mass is 35.5. The number of benzene rings is 2. The quantitative estimate of drug-likeness (QED) is 0.708. The van der Waals surface area contributed by atoms with Crippen molar-refractivity contribution in [2.24, 2.45) is 0 Å². The van der Waals surface area contributed by atoms with Gasteiger partial charge in [-0.2, -0.15) is 0 Å². The summed E-state index contributed by atoms with van der Waals surface area (Å²) in [6.45, 7) is 6.74. The molecule has 30 heavy (non-hydrogen) atoms. The Labute approximate surface area is 183 Å². The third kappa shape index (κ3) is 6.67. The first-order valence-corrected chi connectivity index (χ1v) is 10.3. The third-order valence-electron chi connectivity index (χ3n) is 5.50. The molecule has 1 N–H and O–H groups in total. The van der Waals surface area contributed by atoms with E-state index in [2.05, 4.69) is 10.2 Å². The summed E-state index contributed by atoms with van der Waals surface area (Å²) < 4.78 is 26.7. The van der Waals surface area contributed by atoms with E-state index in [0.717, 1.165) is 56.7 Å². The van der Waals surface area contributed by atoms with Gasteiger partial charge >= 0.3 is 6.03 Å². The lowest BCUT2D eigenvalue weighted by Crippen LogP contribution is -3.00. The lowest BCUT2D eigenvalue weighted by molar-refractivity contribution is -0.0000110. The Morgan fingerprint density at radius 2 is 1.43 bits per heavy atom. The van der Waals surface area contributed by atoms with Gasteiger partial charge in [-0.1, -0.05) is 24.3 Å². The van der Waals surface area contributed by atoms with E-state index in [1.165, 1.54) is 24.3 Å². The molecule has 0 saturated carbocycles. The van der Waals surface area contributed by atoms with E-state index in [0.29, 0.717) is 6.54 Å². The second kappa shape index (κ2) is 11.9. The number of halogens is 3. The van der Waals surface area contributed by atoms with Gasteiger partial charge in [0.05, 0.1) is 0 Å². The van der Waals surface area contributed by atoms with Crippen LogP contribution in [0.5, 0.6) is 0 Å². The highest BCUT2D eigenvalue weighted by molar-refractivity contribution is 5.74. The van der Waals surface area contributed by atoms with E-state index in [4.69, 9.17) is 0 Å². The molecule has 0 bridgehead atoms. The first-order valence-electron chi connectivity index (χ1n) is 10.3. The number of carbonyl (C=O) groups excluding carboxylic acids is 1. The summed E-state index contributed by atoms with van der Waals surface area (Å²) in [7, 11) is 0. The van der Waals surface area contributed by atoms with Crippen LogP contribution < -0.4 is 17.7 Å². The molecule has 1 heterocycles. The van der Waals surface area contributed by atoms with Gasteiger partial charge in [-0.25, -0.2) is 13.6 Å². The highest BCUT2D eigenvalue weighted by Gasteiger charge is 2.21. The van der Waals surface area contributed by atoms with Crippen LogP contribution in [0.2, 0.25) is 0 Å². The van der Waals surface area contributed by atoms with Gasteiger partial charge in [0, 0.05) is 38.6 Å². The third-order valence-corrected chi connectivity index (χ3v) is 5.50. The van der Waals surface area contributed by atoms with Gasteiger partial charge in [0.25, 0.3) is 0 Å². The van der Waals surface area contributed by atoms with Crippen LogP contribution in [0.3, 0.4) is 0 Å². The molecular formula is C23H29ClF2N3O-. The Morgan fingerprint density at radius 1 is 0.933 bits per heavy atom. The van der Waals surface area contributed by atoms with Crippen molar-refractivity contribution in [2.45, 2.75) is 25.7 Å². The second-order valence-electron chi connectivity index (χ2n) is 7.46. The molecule has 0 aromatic heterocycles. The van der Waals surface area contributed by atoms with E-state index in [-0.39, 0.29) is 36.0 Å². The normalized spacial score (nSPS) is 14.5. The molecule has 0 unspecified atom stereocenters. The SMILES string of the molecule is CCNC(=O)N1CCN(CCCC(c2ccc(F)cc2)c2ccc(F)cc2)CC1.[Cl-]. The molecular weight excluding hydrogens is 408 g/mol. The van der Waals surface area contributed by atoms with Gasteiger partial charge in [0.1, 0.15) is 11.6 Å². The molecule has 0 aliphatic carbocycles. The monoisotopic (exact) mass is 436 g/mol. The molecule has 0 atom stereocenters. The van der Waals surface area contributed by atoms with E-state index in [1.54, 1.807) is 0 Å². The maximum Gasteiger partial charge on any atom is 0.317 e. The zero-order chi connectivity index (χ0) is 20.6. The van der Waals surface area contributed by atoms with Crippen molar-refractivity contribution in [3.63, 3.8) is 0 Å². The van der Waals surface area contributed by atoms with Gasteiger partial charge in [0.15, 0.2) is 0 Å². The molecule has 1 saturated heterocycles. The first kappa shape index (κ1) is 24.1. The first-order chi connectivity index (χ1) is 14.1. The minimum Gasteiger partial charge on any atom is -1.00 e. The summed E-state index contributed by atoms with van der Waals surface area (Å²) in [5, 5.41) is 2.85. The van der Waals surface area contributed by atoms with Crippen molar-refractivity contribution < 1.29 is 26.0 Å². The number of urea groups is 1. The molecule has 2 amide bonds. The molecule has 3 rings (SSSR count). The van der Waals surface area contributed by atoms with Crippen LogP contribution in [0, 0.1) is 11.6 Å². The number of rotatable bonds is 7. The minimum absolute atomic E-state index is 0. The van der Waals surface area contributed by atoms with Crippen molar-refractivity contribution >= 4 is 6.03 Å². The zero-order valence-electron chi connectivity index (χ0n) is 17.3. The lowest BCUT2D eigenvalue weighted by Gasteiger charge is -2.34. The number of hydrogen-bond acceptors (Lipinski definition) is 2. The molecule has 7 heteroatoms. The molecule has 1 aliphatic heterocycles. The molecule has 0 spiro atoms. The standard InChI is InChI=1S/C23H29F2N3O.ClH/c1-2-26-23(29)28-16-14-27(15-17-28)13-3-4-22(18-5-9-20(24)10-6-18)19-7-11-21(25)12-8-19;/h5-12,22H,2-4,13-17H2,1H3,(H,26,29);1H/p-1. The van der Waals surface area contributed by atoms with Crippen LogP contribution in [-0.2, 0) is 0 Å². The summed E-state index contributed by atoms with van der Waals surface area (Å²) in [5.74, 6) is -0.402. The second-order valence-corrected chi connectivity index (χ2v) is 7.46. The molecule has 164 valence electrons. The van der Waals surface area contributed by atoms with Crippen molar-refractivity contribution in [1.29, 1.82) is 0 Å². The van der Waals surface area contributed by atoms with Crippen LogP contribution >= 0.6 is 0 Å². The Balaban J connectivity index is 0.00000320. The number of nitrogens with zero attached hydrogens (tertiary/aromatic N) is 2. The fraction of sp³-hybridized carbons (Fsp3) is 0.435.